The van der Waals surface area contributed by atoms with Crippen LogP contribution in [0.2, 0.25) is 0 Å². The maximum absolute atomic E-state index is 4.97. The Morgan fingerprint density at radius 3 is 2.25 bits per heavy atom. The molecule has 28 heavy (non-hydrogen) atoms. The first-order chi connectivity index (χ1) is 13.8. The van der Waals surface area contributed by atoms with Crippen molar-refractivity contribution in [3.8, 4) is 11.4 Å². The fraction of sp³-hybridized carbons (Fsp3) is 0.0870. The van der Waals surface area contributed by atoms with Crippen LogP contribution in [0.1, 0.15) is 5.56 Å². The summed E-state index contributed by atoms with van der Waals surface area (Å²) < 4.78 is 2.06. The van der Waals surface area contributed by atoms with Crippen molar-refractivity contribution in [2.24, 2.45) is 0 Å². The molecule has 2 heterocycles. The Kier molecular flexibility index (Phi) is 3.98. The van der Waals surface area contributed by atoms with E-state index >= 15 is 0 Å². The van der Waals surface area contributed by atoms with E-state index in [1.165, 1.54) is 5.56 Å². The first-order valence-corrected chi connectivity index (χ1v) is 9.25. The third-order valence-corrected chi connectivity index (χ3v) is 4.86. The molecule has 0 aliphatic rings. The Hall–Kier alpha value is -3.73. The molecule has 0 spiro atoms. The lowest BCUT2D eigenvalue weighted by atomic mass is 10.2. The number of fused-ring (bicyclic) bond motifs is 3. The van der Waals surface area contributed by atoms with Gasteiger partial charge in [0, 0.05) is 24.5 Å². The van der Waals surface area contributed by atoms with E-state index in [-0.39, 0.29) is 0 Å². The molecule has 5 aromatic rings. The molecule has 0 bridgehead atoms. The minimum Gasteiger partial charge on any atom is -0.341 e. The molecule has 5 nitrogen and oxygen atoms in total. The van der Waals surface area contributed by atoms with Crippen molar-refractivity contribution < 1.29 is 0 Å². The van der Waals surface area contributed by atoms with E-state index in [4.69, 9.17) is 4.98 Å². The Bertz CT molecular complexity index is 1250. The summed E-state index contributed by atoms with van der Waals surface area (Å²) in [7, 11) is 2.05. The molecule has 5 rings (SSSR count). The summed E-state index contributed by atoms with van der Waals surface area (Å²) in [4.78, 5) is 7.11. The van der Waals surface area contributed by atoms with Crippen LogP contribution in [0.15, 0.2) is 84.9 Å². The SMILES string of the molecule is CN(Cc1ccccc1)c1nc2ccccc2c2nnc(-c3ccccc3)n12. The van der Waals surface area contributed by atoms with Gasteiger partial charge in [0.2, 0.25) is 5.95 Å². The molecule has 0 saturated carbocycles. The third-order valence-electron chi connectivity index (χ3n) is 4.86. The van der Waals surface area contributed by atoms with Crippen LogP contribution in [0, 0.1) is 0 Å². The number of para-hydroxylation sites is 1. The van der Waals surface area contributed by atoms with Crippen LogP contribution in [-0.2, 0) is 6.54 Å². The Balaban J connectivity index is 1.74. The van der Waals surface area contributed by atoms with Gasteiger partial charge < -0.3 is 4.90 Å². The van der Waals surface area contributed by atoms with Crippen LogP contribution in [0.4, 0.5) is 5.95 Å². The number of nitrogens with zero attached hydrogens (tertiary/aromatic N) is 5. The van der Waals surface area contributed by atoms with Crippen molar-refractivity contribution in [1.29, 1.82) is 0 Å². The van der Waals surface area contributed by atoms with E-state index in [9.17, 15) is 0 Å². The van der Waals surface area contributed by atoms with Gasteiger partial charge >= 0.3 is 0 Å². The molecule has 0 N–H and O–H groups in total. The lowest BCUT2D eigenvalue weighted by molar-refractivity contribution is 0.857. The topological polar surface area (TPSA) is 46.3 Å². The fourth-order valence-electron chi connectivity index (χ4n) is 3.52. The summed E-state index contributed by atoms with van der Waals surface area (Å²) >= 11 is 0. The van der Waals surface area contributed by atoms with Crippen LogP contribution in [0.5, 0.6) is 0 Å². The van der Waals surface area contributed by atoms with Gasteiger partial charge in [0.15, 0.2) is 11.5 Å². The fourth-order valence-corrected chi connectivity index (χ4v) is 3.52. The number of rotatable bonds is 4. The largest absolute Gasteiger partial charge is 0.341 e. The average Bonchev–Trinajstić information content (AvgIpc) is 3.20. The minimum absolute atomic E-state index is 0.744. The molecule has 0 saturated heterocycles. The van der Waals surface area contributed by atoms with Crippen LogP contribution in [0.3, 0.4) is 0 Å². The van der Waals surface area contributed by atoms with E-state index in [1.807, 2.05) is 60.7 Å². The summed E-state index contributed by atoms with van der Waals surface area (Å²) in [5.74, 6) is 1.62. The molecular formula is C23H19N5. The highest BCUT2D eigenvalue weighted by Crippen LogP contribution is 2.28. The highest BCUT2D eigenvalue weighted by atomic mass is 15.3. The molecule has 0 amide bonds. The van der Waals surface area contributed by atoms with Crippen molar-refractivity contribution in [2.45, 2.75) is 6.54 Å². The normalized spacial score (nSPS) is 11.2. The molecule has 0 fully saturated rings. The summed E-state index contributed by atoms with van der Waals surface area (Å²) in [5.41, 5.74) is 3.97. The second-order valence-electron chi connectivity index (χ2n) is 6.82. The second-order valence-corrected chi connectivity index (χ2v) is 6.82. The summed E-state index contributed by atoms with van der Waals surface area (Å²) in [6, 6.07) is 28.6. The van der Waals surface area contributed by atoms with E-state index in [2.05, 4.69) is 50.8 Å². The van der Waals surface area contributed by atoms with Gasteiger partial charge in [-0.05, 0) is 17.7 Å². The molecule has 136 valence electrons. The zero-order valence-electron chi connectivity index (χ0n) is 15.5. The van der Waals surface area contributed by atoms with Crippen LogP contribution < -0.4 is 4.90 Å². The lowest BCUT2D eigenvalue weighted by Gasteiger charge is -2.21. The third kappa shape index (κ3) is 2.77. The Labute approximate surface area is 162 Å². The number of hydrogen-bond acceptors (Lipinski definition) is 4. The van der Waals surface area contributed by atoms with Gasteiger partial charge in [-0.15, -0.1) is 10.2 Å². The average molecular weight is 365 g/mol. The zero-order valence-corrected chi connectivity index (χ0v) is 15.5. The van der Waals surface area contributed by atoms with E-state index in [1.54, 1.807) is 0 Å². The lowest BCUT2D eigenvalue weighted by Crippen LogP contribution is -2.21. The van der Waals surface area contributed by atoms with Crippen molar-refractivity contribution in [2.75, 3.05) is 11.9 Å². The molecule has 0 atom stereocenters. The summed E-state index contributed by atoms with van der Waals surface area (Å²) in [5, 5.41) is 10.0. The highest BCUT2D eigenvalue weighted by molar-refractivity contribution is 5.93. The van der Waals surface area contributed by atoms with E-state index in [0.29, 0.717) is 0 Å². The van der Waals surface area contributed by atoms with Crippen molar-refractivity contribution in [3.05, 3.63) is 90.5 Å². The van der Waals surface area contributed by atoms with Crippen LogP contribution in [0.25, 0.3) is 27.9 Å². The second kappa shape index (κ2) is 6.78. The van der Waals surface area contributed by atoms with E-state index in [0.717, 1.165) is 40.4 Å². The van der Waals surface area contributed by atoms with Gasteiger partial charge in [-0.2, -0.15) is 0 Å². The number of anilines is 1. The van der Waals surface area contributed by atoms with Gasteiger partial charge in [-0.3, -0.25) is 0 Å². The van der Waals surface area contributed by atoms with Gasteiger partial charge in [0.05, 0.1) is 5.52 Å². The maximum Gasteiger partial charge on any atom is 0.213 e. The molecular weight excluding hydrogens is 346 g/mol. The highest BCUT2D eigenvalue weighted by Gasteiger charge is 2.18. The maximum atomic E-state index is 4.97. The molecule has 5 heteroatoms. The molecule has 0 aliphatic carbocycles. The number of aromatic nitrogens is 4. The number of hydrogen-bond donors (Lipinski definition) is 0. The van der Waals surface area contributed by atoms with Gasteiger partial charge in [0.1, 0.15) is 0 Å². The van der Waals surface area contributed by atoms with Crippen molar-refractivity contribution >= 4 is 22.5 Å². The molecule has 0 radical (unpaired) electrons. The van der Waals surface area contributed by atoms with Gasteiger partial charge in [0.25, 0.3) is 0 Å². The van der Waals surface area contributed by atoms with Crippen LogP contribution >= 0.6 is 0 Å². The van der Waals surface area contributed by atoms with Crippen molar-refractivity contribution in [1.82, 2.24) is 19.6 Å². The quantitative estimate of drug-likeness (QED) is 0.468. The Morgan fingerprint density at radius 2 is 1.46 bits per heavy atom. The predicted molar refractivity (Wildman–Crippen MR) is 112 cm³/mol. The van der Waals surface area contributed by atoms with Crippen LogP contribution in [-0.4, -0.2) is 26.6 Å². The minimum atomic E-state index is 0.744. The monoisotopic (exact) mass is 365 g/mol. The standard InChI is InChI=1S/C23H19N5/c1-27(16-17-10-4-2-5-11-17)23-24-20-15-9-8-14-19(20)22-26-25-21(28(22)23)18-12-6-3-7-13-18/h2-15H,16H2,1H3. The van der Waals surface area contributed by atoms with Gasteiger partial charge in [-0.1, -0.05) is 72.8 Å². The van der Waals surface area contributed by atoms with Crippen molar-refractivity contribution in [3.63, 3.8) is 0 Å². The smallest absolute Gasteiger partial charge is 0.213 e. The molecule has 0 unspecified atom stereocenters. The molecule has 3 aromatic carbocycles. The van der Waals surface area contributed by atoms with Gasteiger partial charge in [-0.25, -0.2) is 9.38 Å². The number of benzene rings is 3. The zero-order chi connectivity index (χ0) is 18.9. The Morgan fingerprint density at radius 1 is 0.786 bits per heavy atom. The van der Waals surface area contributed by atoms with E-state index < -0.39 is 0 Å². The molecule has 0 aliphatic heterocycles. The molecule has 2 aromatic heterocycles. The first-order valence-electron chi connectivity index (χ1n) is 9.25. The summed E-state index contributed by atoms with van der Waals surface area (Å²) in [6.07, 6.45) is 0. The predicted octanol–water partition coefficient (Wildman–Crippen LogP) is 4.58. The summed E-state index contributed by atoms with van der Waals surface area (Å²) in [6.45, 7) is 0.744. The first kappa shape index (κ1) is 16.4.